The van der Waals surface area contributed by atoms with Crippen LogP contribution in [0.3, 0.4) is 0 Å². The predicted octanol–water partition coefficient (Wildman–Crippen LogP) is 2.13. The second kappa shape index (κ2) is 5.15. The normalized spacial score (nSPS) is 26.4. The van der Waals surface area contributed by atoms with Gasteiger partial charge in [-0.3, -0.25) is 0 Å². The lowest BCUT2D eigenvalue weighted by Crippen LogP contribution is -2.41. The van der Waals surface area contributed by atoms with Crippen LogP contribution >= 0.6 is 15.9 Å². The standard InChI is InChI=1S/C13H17BrN2O2/c14-11-2-1-5-16-12(11)18-10-8-13(17-9-10)3-6-15-7-4-13/h1-2,5,10,15H,3-4,6-9H2. The molecule has 1 N–H and O–H groups in total. The molecule has 5 heteroatoms. The largest absolute Gasteiger partial charge is 0.471 e. The Labute approximate surface area is 115 Å². The van der Waals surface area contributed by atoms with Gasteiger partial charge in [-0.25, -0.2) is 4.98 Å². The minimum atomic E-state index is 0.0389. The molecule has 0 aliphatic carbocycles. The first-order chi connectivity index (χ1) is 8.77. The molecule has 1 atom stereocenters. The topological polar surface area (TPSA) is 43.4 Å². The lowest BCUT2D eigenvalue weighted by molar-refractivity contribution is -0.0206. The molecule has 4 nitrogen and oxygen atoms in total. The Hall–Kier alpha value is -0.650. The number of piperidine rings is 1. The quantitative estimate of drug-likeness (QED) is 0.908. The summed E-state index contributed by atoms with van der Waals surface area (Å²) in [6.45, 7) is 2.75. The van der Waals surface area contributed by atoms with Crippen LogP contribution in [0.5, 0.6) is 5.88 Å². The van der Waals surface area contributed by atoms with Crippen LogP contribution in [-0.4, -0.2) is 36.4 Å². The van der Waals surface area contributed by atoms with Crippen molar-refractivity contribution in [3.8, 4) is 5.88 Å². The second-order valence-corrected chi connectivity index (χ2v) is 5.83. The van der Waals surface area contributed by atoms with Crippen LogP contribution in [0.2, 0.25) is 0 Å². The van der Waals surface area contributed by atoms with E-state index in [1.165, 1.54) is 0 Å². The fourth-order valence-electron chi connectivity index (χ4n) is 2.72. The molecule has 0 amide bonds. The number of pyridine rings is 1. The molecule has 1 spiro atoms. The van der Waals surface area contributed by atoms with E-state index < -0.39 is 0 Å². The Morgan fingerprint density at radius 3 is 3.06 bits per heavy atom. The second-order valence-electron chi connectivity index (χ2n) is 4.98. The summed E-state index contributed by atoms with van der Waals surface area (Å²) in [5.41, 5.74) is 0.0389. The summed E-state index contributed by atoms with van der Waals surface area (Å²) in [5.74, 6) is 0.664. The number of hydrogen-bond donors (Lipinski definition) is 1. The number of nitrogens with zero attached hydrogens (tertiary/aromatic N) is 1. The molecule has 1 aromatic heterocycles. The average Bonchev–Trinajstić information content (AvgIpc) is 2.76. The smallest absolute Gasteiger partial charge is 0.228 e. The summed E-state index contributed by atoms with van der Waals surface area (Å²) in [6, 6.07) is 3.83. The van der Waals surface area contributed by atoms with Crippen LogP contribution in [0.25, 0.3) is 0 Å². The van der Waals surface area contributed by atoms with Crippen molar-refractivity contribution < 1.29 is 9.47 Å². The molecule has 0 aromatic carbocycles. The van der Waals surface area contributed by atoms with Gasteiger partial charge < -0.3 is 14.8 Å². The fourth-order valence-corrected chi connectivity index (χ4v) is 3.07. The zero-order valence-electron chi connectivity index (χ0n) is 10.2. The first kappa shape index (κ1) is 12.4. The van der Waals surface area contributed by atoms with Gasteiger partial charge in [0, 0.05) is 12.6 Å². The molecular formula is C13H17BrN2O2. The predicted molar refractivity (Wildman–Crippen MR) is 71.8 cm³/mol. The molecule has 1 aromatic rings. The number of halogens is 1. The summed E-state index contributed by atoms with van der Waals surface area (Å²) in [6.07, 6.45) is 5.00. The summed E-state index contributed by atoms with van der Waals surface area (Å²) >= 11 is 3.45. The van der Waals surface area contributed by atoms with Gasteiger partial charge in [0.25, 0.3) is 0 Å². The first-order valence-electron chi connectivity index (χ1n) is 6.39. The van der Waals surface area contributed by atoms with Crippen molar-refractivity contribution in [2.45, 2.75) is 31.0 Å². The molecule has 0 bridgehead atoms. The number of aromatic nitrogens is 1. The molecule has 0 saturated carbocycles. The summed E-state index contributed by atoms with van der Waals surface area (Å²) in [5, 5.41) is 3.37. The zero-order valence-corrected chi connectivity index (χ0v) is 11.8. The molecular weight excluding hydrogens is 296 g/mol. The van der Waals surface area contributed by atoms with Crippen molar-refractivity contribution in [2.75, 3.05) is 19.7 Å². The van der Waals surface area contributed by atoms with Crippen molar-refractivity contribution in [1.82, 2.24) is 10.3 Å². The third kappa shape index (κ3) is 2.53. The maximum atomic E-state index is 6.00. The number of hydrogen-bond acceptors (Lipinski definition) is 4. The highest BCUT2D eigenvalue weighted by molar-refractivity contribution is 9.10. The first-order valence-corrected chi connectivity index (χ1v) is 7.19. The van der Waals surface area contributed by atoms with Crippen molar-refractivity contribution in [3.63, 3.8) is 0 Å². The highest BCUT2D eigenvalue weighted by atomic mass is 79.9. The summed E-state index contributed by atoms with van der Waals surface area (Å²) in [4.78, 5) is 4.24. The van der Waals surface area contributed by atoms with Gasteiger partial charge in [0.05, 0.1) is 16.7 Å². The maximum Gasteiger partial charge on any atom is 0.228 e. The third-order valence-electron chi connectivity index (χ3n) is 3.69. The molecule has 3 rings (SSSR count). The molecule has 2 fully saturated rings. The minimum absolute atomic E-state index is 0.0389. The third-order valence-corrected chi connectivity index (χ3v) is 4.30. The van der Waals surface area contributed by atoms with Gasteiger partial charge in [0.15, 0.2) is 0 Å². The van der Waals surface area contributed by atoms with Crippen LogP contribution in [-0.2, 0) is 4.74 Å². The average molecular weight is 313 g/mol. The molecule has 3 heterocycles. The lowest BCUT2D eigenvalue weighted by Gasteiger charge is -2.32. The SMILES string of the molecule is Brc1cccnc1OC1COC2(CCNCC2)C1. The Kier molecular flexibility index (Phi) is 3.54. The van der Waals surface area contributed by atoms with E-state index in [0.29, 0.717) is 12.5 Å². The summed E-state index contributed by atoms with van der Waals surface area (Å²) in [7, 11) is 0. The molecule has 1 unspecified atom stereocenters. The van der Waals surface area contributed by atoms with Crippen LogP contribution in [0.4, 0.5) is 0 Å². The maximum absolute atomic E-state index is 6.00. The Bertz CT molecular complexity index is 421. The number of rotatable bonds is 2. The van der Waals surface area contributed by atoms with E-state index in [2.05, 4.69) is 26.2 Å². The molecule has 2 saturated heterocycles. The van der Waals surface area contributed by atoms with Gasteiger partial charge >= 0.3 is 0 Å². The van der Waals surface area contributed by atoms with E-state index in [1.807, 2.05) is 12.1 Å². The highest BCUT2D eigenvalue weighted by Crippen LogP contribution is 2.36. The van der Waals surface area contributed by atoms with Crippen LogP contribution in [0.15, 0.2) is 22.8 Å². The monoisotopic (exact) mass is 312 g/mol. The van der Waals surface area contributed by atoms with Crippen molar-refractivity contribution in [2.24, 2.45) is 0 Å². The highest BCUT2D eigenvalue weighted by Gasteiger charge is 2.42. The van der Waals surface area contributed by atoms with Crippen molar-refractivity contribution in [3.05, 3.63) is 22.8 Å². The molecule has 0 radical (unpaired) electrons. The van der Waals surface area contributed by atoms with Gasteiger partial charge in [-0.1, -0.05) is 0 Å². The summed E-state index contributed by atoms with van der Waals surface area (Å²) < 4.78 is 12.8. The van der Waals surface area contributed by atoms with E-state index in [4.69, 9.17) is 9.47 Å². The van der Waals surface area contributed by atoms with Gasteiger partial charge in [-0.2, -0.15) is 0 Å². The van der Waals surface area contributed by atoms with Crippen molar-refractivity contribution in [1.29, 1.82) is 0 Å². The van der Waals surface area contributed by atoms with Crippen LogP contribution < -0.4 is 10.1 Å². The number of ether oxygens (including phenoxy) is 2. The van der Waals surface area contributed by atoms with E-state index in [0.717, 1.165) is 36.8 Å². The zero-order chi connectivity index (χ0) is 12.4. The lowest BCUT2D eigenvalue weighted by atomic mass is 9.89. The van der Waals surface area contributed by atoms with Gasteiger partial charge in [-0.15, -0.1) is 0 Å². The van der Waals surface area contributed by atoms with E-state index in [9.17, 15) is 0 Å². The van der Waals surface area contributed by atoms with Crippen LogP contribution in [0.1, 0.15) is 19.3 Å². The fraction of sp³-hybridized carbons (Fsp3) is 0.615. The van der Waals surface area contributed by atoms with E-state index in [-0.39, 0.29) is 11.7 Å². The van der Waals surface area contributed by atoms with E-state index in [1.54, 1.807) is 6.20 Å². The Morgan fingerprint density at radius 1 is 1.44 bits per heavy atom. The number of nitrogens with one attached hydrogen (secondary N) is 1. The molecule has 2 aliphatic rings. The van der Waals surface area contributed by atoms with Crippen molar-refractivity contribution >= 4 is 15.9 Å². The van der Waals surface area contributed by atoms with E-state index >= 15 is 0 Å². The minimum Gasteiger partial charge on any atom is -0.471 e. The Morgan fingerprint density at radius 2 is 2.28 bits per heavy atom. The van der Waals surface area contributed by atoms with Gasteiger partial charge in [0.1, 0.15) is 6.10 Å². The van der Waals surface area contributed by atoms with Gasteiger partial charge in [-0.05, 0) is 54.0 Å². The molecule has 2 aliphatic heterocycles. The molecule has 98 valence electrons. The molecule has 18 heavy (non-hydrogen) atoms. The Balaban J connectivity index is 1.64. The van der Waals surface area contributed by atoms with Crippen LogP contribution in [0, 0.1) is 0 Å². The van der Waals surface area contributed by atoms with Gasteiger partial charge in [0.2, 0.25) is 5.88 Å².